The van der Waals surface area contributed by atoms with E-state index in [1.807, 2.05) is 0 Å². The summed E-state index contributed by atoms with van der Waals surface area (Å²) in [5, 5.41) is 3.59. The van der Waals surface area contributed by atoms with Gasteiger partial charge in [-0.15, -0.1) is 0 Å². The van der Waals surface area contributed by atoms with E-state index in [0.717, 1.165) is 18.6 Å². The zero-order valence-electron chi connectivity index (χ0n) is 10.9. The highest BCUT2D eigenvalue weighted by atomic mass is 15.3. The predicted molar refractivity (Wildman–Crippen MR) is 68.8 cm³/mol. The van der Waals surface area contributed by atoms with E-state index in [1.165, 1.54) is 51.9 Å². The maximum atomic E-state index is 3.59. The van der Waals surface area contributed by atoms with Crippen LogP contribution in [0, 0.1) is 0 Å². The Balaban J connectivity index is 1.72. The van der Waals surface area contributed by atoms with Crippen LogP contribution < -0.4 is 5.32 Å². The quantitative estimate of drug-likeness (QED) is 0.777. The molecular formula is C13H27N3. The molecule has 0 atom stereocenters. The number of nitrogens with one attached hydrogen (secondary N) is 1. The summed E-state index contributed by atoms with van der Waals surface area (Å²) in [5.41, 5.74) is 0. The molecule has 2 rings (SSSR count). The summed E-state index contributed by atoms with van der Waals surface area (Å²) < 4.78 is 0. The largest absolute Gasteiger partial charge is 0.314 e. The van der Waals surface area contributed by atoms with Gasteiger partial charge in [0.15, 0.2) is 0 Å². The molecule has 0 aromatic heterocycles. The average Bonchev–Trinajstić information content (AvgIpc) is 2.32. The number of hydrogen-bond donors (Lipinski definition) is 1. The maximum absolute atomic E-state index is 3.59. The van der Waals surface area contributed by atoms with Crippen LogP contribution in [0.4, 0.5) is 0 Å². The third-order valence-corrected chi connectivity index (χ3v) is 4.24. The average molecular weight is 225 g/mol. The lowest BCUT2D eigenvalue weighted by Gasteiger charge is -2.41. The Morgan fingerprint density at radius 2 is 1.62 bits per heavy atom. The van der Waals surface area contributed by atoms with Gasteiger partial charge in [-0.05, 0) is 39.3 Å². The van der Waals surface area contributed by atoms with Gasteiger partial charge in [-0.2, -0.15) is 0 Å². The smallest absolute Gasteiger partial charge is 0.0113 e. The summed E-state index contributed by atoms with van der Waals surface area (Å²) in [6, 6.07) is 1.68. The SMILES string of the molecule is CCN[C@H]1CC[C@H](N2CCN(C)CC2)CC1. The molecule has 2 aliphatic rings. The lowest BCUT2D eigenvalue weighted by molar-refractivity contribution is 0.0855. The van der Waals surface area contributed by atoms with Crippen LogP contribution in [0.15, 0.2) is 0 Å². The predicted octanol–water partition coefficient (Wildman–Crippen LogP) is 1.15. The van der Waals surface area contributed by atoms with Crippen molar-refractivity contribution in [2.24, 2.45) is 0 Å². The highest BCUT2D eigenvalue weighted by Crippen LogP contribution is 2.23. The molecule has 1 aliphatic carbocycles. The Bertz CT molecular complexity index is 191. The monoisotopic (exact) mass is 225 g/mol. The Morgan fingerprint density at radius 1 is 1.00 bits per heavy atom. The van der Waals surface area contributed by atoms with Gasteiger partial charge in [0.2, 0.25) is 0 Å². The van der Waals surface area contributed by atoms with Crippen molar-refractivity contribution in [1.29, 1.82) is 0 Å². The van der Waals surface area contributed by atoms with E-state index < -0.39 is 0 Å². The third kappa shape index (κ3) is 3.19. The molecule has 3 nitrogen and oxygen atoms in total. The molecule has 0 aromatic carbocycles. The fourth-order valence-electron chi connectivity index (χ4n) is 3.12. The second-order valence-electron chi connectivity index (χ2n) is 5.40. The fourth-order valence-corrected chi connectivity index (χ4v) is 3.12. The number of piperazine rings is 1. The lowest BCUT2D eigenvalue weighted by Crippen LogP contribution is -2.50. The van der Waals surface area contributed by atoms with Crippen molar-refractivity contribution in [3.63, 3.8) is 0 Å². The molecule has 0 unspecified atom stereocenters. The molecule has 3 heteroatoms. The van der Waals surface area contributed by atoms with Gasteiger partial charge in [0.1, 0.15) is 0 Å². The van der Waals surface area contributed by atoms with Crippen molar-refractivity contribution in [3.05, 3.63) is 0 Å². The first-order valence-corrected chi connectivity index (χ1v) is 6.95. The molecule has 1 aliphatic heterocycles. The van der Waals surface area contributed by atoms with Crippen LogP contribution in [0.3, 0.4) is 0 Å². The van der Waals surface area contributed by atoms with Gasteiger partial charge in [-0.3, -0.25) is 4.90 Å². The van der Waals surface area contributed by atoms with Crippen LogP contribution in [-0.4, -0.2) is 61.7 Å². The van der Waals surface area contributed by atoms with Crippen molar-refractivity contribution in [2.45, 2.75) is 44.7 Å². The zero-order chi connectivity index (χ0) is 11.4. The fraction of sp³-hybridized carbons (Fsp3) is 1.00. The van der Waals surface area contributed by atoms with Crippen molar-refractivity contribution in [3.8, 4) is 0 Å². The molecule has 0 amide bonds. The summed E-state index contributed by atoms with van der Waals surface area (Å²) in [6.07, 6.45) is 5.57. The highest BCUT2D eigenvalue weighted by Gasteiger charge is 2.26. The molecular weight excluding hydrogens is 198 g/mol. The van der Waals surface area contributed by atoms with Crippen LogP contribution in [0.5, 0.6) is 0 Å². The minimum atomic E-state index is 0.800. The number of rotatable bonds is 3. The molecule has 1 heterocycles. The second-order valence-corrected chi connectivity index (χ2v) is 5.40. The highest BCUT2D eigenvalue weighted by molar-refractivity contribution is 4.84. The Morgan fingerprint density at radius 3 is 2.19 bits per heavy atom. The first kappa shape index (κ1) is 12.3. The Kier molecular flexibility index (Phi) is 4.62. The summed E-state index contributed by atoms with van der Waals surface area (Å²) in [6.45, 7) is 8.43. The van der Waals surface area contributed by atoms with Gasteiger partial charge in [0.05, 0.1) is 0 Å². The summed E-state index contributed by atoms with van der Waals surface area (Å²) in [7, 11) is 2.24. The second kappa shape index (κ2) is 5.99. The normalized spacial score (nSPS) is 34.1. The van der Waals surface area contributed by atoms with Gasteiger partial charge in [-0.1, -0.05) is 6.92 Å². The number of likely N-dealkylation sites (N-methyl/N-ethyl adjacent to an activating group) is 1. The van der Waals surface area contributed by atoms with Crippen molar-refractivity contribution < 1.29 is 0 Å². The maximum Gasteiger partial charge on any atom is 0.0113 e. The molecule has 0 radical (unpaired) electrons. The van der Waals surface area contributed by atoms with E-state index in [1.54, 1.807) is 0 Å². The lowest BCUT2D eigenvalue weighted by atomic mass is 9.90. The molecule has 16 heavy (non-hydrogen) atoms. The third-order valence-electron chi connectivity index (χ3n) is 4.24. The van der Waals surface area contributed by atoms with E-state index in [9.17, 15) is 0 Å². The van der Waals surface area contributed by atoms with Gasteiger partial charge < -0.3 is 10.2 Å². The molecule has 94 valence electrons. The number of hydrogen-bond acceptors (Lipinski definition) is 3. The minimum absolute atomic E-state index is 0.800. The van der Waals surface area contributed by atoms with Crippen LogP contribution in [0.2, 0.25) is 0 Å². The van der Waals surface area contributed by atoms with Gasteiger partial charge in [0.25, 0.3) is 0 Å². The van der Waals surface area contributed by atoms with Gasteiger partial charge in [-0.25, -0.2) is 0 Å². The number of nitrogens with zero attached hydrogens (tertiary/aromatic N) is 2. The molecule has 1 saturated carbocycles. The minimum Gasteiger partial charge on any atom is -0.314 e. The van der Waals surface area contributed by atoms with Crippen molar-refractivity contribution >= 4 is 0 Å². The molecule has 2 fully saturated rings. The molecule has 1 saturated heterocycles. The standard InChI is InChI=1S/C13H27N3/c1-3-14-12-4-6-13(7-5-12)16-10-8-15(2)9-11-16/h12-14H,3-11H2,1-2H3/t12-,13-. The van der Waals surface area contributed by atoms with E-state index in [0.29, 0.717) is 0 Å². The zero-order valence-corrected chi connectivity index (χ0v) is 10.9. The molecule has 1 N–H and O–H groups in total. The molecule has 0 spiro atoms. The molecule has 0 bridgehead atoms. The topological polar surface area (TPSA) is 18.5 Å². The van der Waals surface area contributed by atoms with Gasteiger partial charge >= 0.3 is 0 Å². The van der Waals surface area contributed by atoms with Crippen molar-refractivity contribution in [2.75, 3.05) is 39.8 Å². The Labute approximate surface area is 100 Å². The van der Waals surface area contributed by atoms with Crippen LogP contribution in [0.25, 0.3) is 0 Å². The van der Waals surface area contributed by atoms with Gasteiger partial charge in [0, 0.05) is 38.3 Å². The van der Waals surface area contributed by atoms with E-state index >= 15 is 0 Å². The van der Waals surface area contributed by atoms with Crippen LogP contribution >= 0.6 is 0 Å². The molecule has 0 aromatic rings. The summed E-state index contributed by atoms with van der Waals surface area (Å²) in [4.78, 5) is 5.17. The van der Waals surface area contributed by atoms with Crippen LogP contribution in [-0.2, 0) is 0 Å². The first-order chi connectivity index (χ1) is 7.79. The Hall–Kier alpha value is -0.120. The van der Waals surface area contributed by atoms with E-state index in [2.05, 4.69) is 29.1 Å². The van der Waals surface area contributed by atoms with Crippen LogP contribution in [0.1, 0.15) is 32.6 Å². The van der Waals surface area contributed by atoms with E-state index in [-0.39, 0.29) is 0 Å². The summed E-state index contributed by atoms with van der Waals surface area (Å²) in [5.74, 6) is 0. The first-order valence-electron chi connectivity index (χ1n) is 6.95. The van der Waals surface area contributed by atoms with Crippen molar-refractivity contribution in [1.82, 2.24) is 15.1 Å². The summed E-state index contributed by atoms with van der Waals surface area (Å²) >= 11 is 0. The van der Waals surface area contributed by atoms with E-state index in [4.69, 9.17) is 0 Å².